The van der Waals surface area contributed by atoms with Crippen molar-refractivity contribution < 1.29 is 14.3 Å². The molecule has 1 N–H and O–H groups in total. The molecule has 0 radical (unpaired) electrons. The zero-order valence-electron chi connectivity index (χ0n) is 16.0. The van der Waals surface area contributed by atoms with Crippen molar-refractivity contribution in [3.63, 3.8) is 0 Å². The average Bonchev–Trinajstić information content (AvgIpc) is 3.36. The molecule has 0 saturated heterocycles. The van der Waals surface area contributed by atoms with Crippen LogP contribution in [0.1, 0.15) is 19.5 Å². The van der Waals surface area contributed by atoms with Gasteiger partial charge in [-0.25, -0.2) is 9.67 Å². The number of rotatable bonds is 8. The number of anilines is 1. The molecule has 1 atom stereocenters. The van der Waals surface area contributed by atoms with Crippen molar-refractivity contribution in [3.8, 4) is 10.6 Å². The number of hydrogen-bond acceptors (Lipinski definition) is 8. The molecule has 0 saturated carbocycles. The van der Waals surface area contributed by atoms with E-state index in [1.54, 1.807) is 25.3 Å². The summed E-state index contributed by atoms with van der Waals surface area (Å²) in [5.41, 5.74) is 0.963. The number of nitrogens with one attached hydrogen (secondary N) is 1. The predicted octanol–water partition coefficient (Wildman–Crippen LogP) is 2.81. The molecule has 0 aliphatic rings. The van der Waals surface area contributed by atoms with E-state index in [9.17, 15) is 14.4 Å². The van der Waals surface area contributed by atoms with E-state index < -0.39 is 5.92 Å². The standard InChI is InChI=1S/C19H20N4O4S2/c1-3-27-17(25)9-13-11-29-19(20-13)21-18(26)12(2)10-23-16(24)7-6-14(22-23)15-5-4-8-28-15/h4-8,11-12H,3,9-10H2,1-2H3,(H,20,21,26). The van der Waals surface area contributed by atoms with Crippen LogP contribution in [-0.2, 0) is 27.3 Å². The quantitative estimate of drug-likeness (QED) is 0.549. The van der Waals surface area contributed by atoms with Crippen LogP contribution in [0.4, 0.5) is 5.13 Å². The summed E-state index contributed by atoms with van der Waals surface area (Å²) in [5, 5.41) is 11.1. The van der Waals surface area contributed by atoms with Gasteiger partial charge in [0.05, 0.1) is 36.1 Å². The molecular weight excluding hydrogens is 412 g/mol. The molecule has 0 spiro atoms. The largest absolute Gasteiger partial charge is 0.466 e. The van der Waals surface area contributed by atoms with Crippen LogP contribution in [0, 0.1) is 5.92 Å². The lowest BCUT2D eigenvalue weighted by Crippen LogP contribution is -2.31. The molecule has 3 aromatic rings. The van der Waals surface area contributed by atoms with Crippen molar-refractivity contribution in [1.82, 2.24) is 14.8 Å². The Labute approximate surface area is 175 Å². The van der Waals surface area contributed by atoms with Gasteiger partial charge < -0.3 is 10.1 Å². The summed E-state index contributed by atoms with van der Waals surface area (Å²) in [4.78, 5) is 41.3. The lowest BCUT2D eigenvalue weighted by molar-refractivity contribution is -0.142. The number of hydrogen-bond donors (Lipinski definition) is 1. The molecule has 0 bridgehead atoms. The van der Waals surface area contributed by atoms with Crippen LogP contribution in [-0.4, -0.2) is 33.2 Å². The molecule has 3 aromatic heterocycles. The van der Waals surface area contributed by atoms with Crippen LogP contribution in [0.5, 0.6) is 0 Å². The number of carbonyl (C=O) groups excluding carboxylic acids is 2. The second kappa shape index (κ2) is 9.57. The lowest BCUT2D eigenvalue weighted by Gasteiger charge is -2.12. The Bertz CT molecular complexity index is 1040. The zero-order valence-corrected chi connectivity index (χ0v) is 17.6. The van der Waals surface area contributed by atoms with Gasteiger partial charge in [-0.3, -0.25) is 14.4 Å². The summed E-state index contributed by atoms with van der Waals surface area (Å²) in [6.07, 6.45) is 0.0601. The maximum absolute atomic E-state index is 12.5. The maximum Gasteiger partial charge on any atom is 0.311 e. The zero-order chi connectivity index (χ0) is 20.8. The first kappa shape index (κ1) is 20.9. The molecule has 152 valence electrons. The summed E-state index contributed by atoms with van der Waals surface area (Å²) in [5.74, 6) is -1.14. The molecule has 0 aromatic carbocycles. The molecule has 1 amide bonds. The van der Waals surface area contributed by atoms with Crippen LogP contribution in [0.3, 0.4) is 0 Å². The number of thiophene rings is 1. The summed E-state index contributed by atoms with van der Waals surface area (Å²) in [7, 11) is 0. The van der Waals surface area contributed by atoms with Crippen LogP contribution in [0.15, 0.2) is 39.8 Å². The lowest BCUT2D eigenvalue weighted by atomic mass is 10.1. The third kappa shape index (κ3) is 5.58. The summed E-state index contributed by atoms with van der Waals surface area (Å²) < 4.78 is 6.19. The third-order valence-corrected chi connectivity index (χ3v) is 5.65. The minimum Gasteiger partial charge on any atom is -0.466 e. The van der Waals surface area contributed by atoms with Gasteiger partial charge in [0.15, 0.2) is 5.13 Å². The highest BCUT2D eigenvalue weighted by Gasteiger charge is 2.18. The van der Waals surface area contributed by atoms with Crippen LogP contribution in [0.25, 0.3) is 10.6 Å². The fraction of sp³-hybridized carbons (Fsp3) is 0.316. The highest BCUT2D eigenvalue weighted by Crippen LogP contribution is 2.21. The number of nitrogens with zero attached hydrogens (tertiary/aromatic N) is 3. The monoisotopic (exact) mass is 432 g/mol. The fourth-order valence-corrected chi connectivity index (χ4v) is 3.92. The summed E-state index contributed by atoms with van der Waals surface area (Å²) in [6, 6.07) is 6.97. The number of amides is 1. The van der Waals surface area contributed by atoms with Gasteiger partial charge in [0.25, 0.3) is 5.56 Å². The second-order valence-corrected chi connectivity index (χ2v) is 8.04. The molecule has 10 heteroatoms. The Morgan fingerprint density at radius 3 is 2.83 bits per heavy atom. The van der Waals surface area contributed by atoms with Gasteiger partial charge in [0.1, 0.15) is 5.69 Å². The number of carbonyl (C=O) groups is 2. The Balaban J connectivity index is 1.63. The van der Waals surface area contributed by atoms with Gasteiger partial charge in [0.2, 0.25) is 5.91 Å². The molecule has 0 aliphatic heterocycles. The first-order valence-corrected chi connectivity index (χ1v) is 10.7. The van der Waals surface area contributed by atoms with Gasteiger partial charge in [-0.15, -0.1) is 22.7 Å². The minimum absolute atomic E-state index is 0.0601. The van der Waals surface area contributed by atoms with Crippen molar-refractivity contribution in [1.29, 1.82) is 0 Å². The van der Waals surface area contributed by atoms with Crippen molar-refractivity contribution in [3.05, 3.63) is 51.1 Å². The van der Waals surface area contributed by atoms with E-state index in [1.165, 1.54) is 33.4 Å². The maximum atomic E-state index is 12.5. The Hall–Kier alpha value is -2.85. The number of ether oxygens (including phenoxy) is 1. The summed E-state index contributed by atoms with van der Waals surface area (Å²) in [6.45, 7) is 3.91. The summed E-state index contributed by atoms with van der Waals surface area (Å²) >= 11 is 2.76. The number of esters is 1. The molecular formula is C19H20N4O4S2. The second-order valence-electron chi connectivity index (χ2n) is 6.23. The van der Waals surface area contributed by atoms with Crippen molar-refractivity contribution in [2.45, 2.75) is 26.8 Å². The molecule has 8 nitrogen and oxygen atoms in total. The molecule has 1 unspecified atom stereocenters. The van der Waals surface area contributed by atoms with Gasteiger partial charge in [-0.05, 0) is 24.4 Å². The Morgan fingerprint density at radius 1 is 1.28 bits per heavy atom. The van der Waals surface area contributed by atoms with Crippen molar-refractivity contribution in [2.24, 2.45) is 5.92 Å². The first-order valence-electron chi connectivity index (χ1n) is 8.99. The van der Waals surface area contributed by atoms with Crippen molar-refractivity contribution in [2.75, 3.05) is 11.9 Å². The van der Waals surface area contributed by atoms with Gasteiger partial charge >= 0.3 is 5.97 Å². The molecule has 3 heterocycles. The Morgan fingerprint density at radius 2 is 2.10 bits per heavy atom. The van der Waals surface area contributed by atoms with Crippen LogP contribution in [0.2, 0.25) is 0 Å². The fourth-order valence-electron chi connectivity index (χ4n) is 2.51. The van der Waals surface area contributed by atoms with Gasteiger partial charge in [-0.1, -0.05) is 13.0 Å². The molecule has 0 aliphatic carbocycles. The van der Waals surface area contributed by atoms with E-state index in [0.717, 1.165) is 4.88 Å². The average molecular weight is 433 g/mol. The third-order valence-electron chi connectivity index (χ3n) is 3.95. The van der Waals surface area contributed by atoms with Crippen LogP contribution < -0.4 is 10.9 Å². The normalized spacial score (nSPS) is 11.8. The van der Waals surface area contributed by atoms with E-state index in [2.05, 4.69) is 15.4 Å². The number of thiazole rings is 1. The smallest absolute Gasteiger partial charge is 0.311 e. The highest BCUT2D eigenvalue weighted by atomic mass is 32.1. The van der Waals surface area contributed by atoms with E-state index in [0.29, 0.717) is 23.1 Å². The van der Waals surface area contributed by atoms with Crippen molar-refractivity contribution >= 4 is 39.7 Å². The van der Waals surface area contributed by atoms with Gasteiger partial charge in [-0.2, -0.15) is 5.10 Å². The number of aromatic nitrogens is 3. The van der Waals surface area contributed by atoms with Crippen LogP contribution >= 0.6 is 22.7 Å². The minimum atomic E-state index is -0.504. The Kier molecular flexibility index (Phi) is 6.89. The van der Waals surface area contributed by atoms with E-state index in [4.69, 9.17) is 4.74 Å². The van der Waals surface area contributed by atoms with Gasteiger partial charge in [0, 0.05) is 11.4 Å². The van der Waals surface area contributed by atoms with E-state index >= 15 is 0 Å². The molecule has 29 heavy (non-hydrogen) atoms. The first-order chi connectivity index (χ1) is 14.0. The van der Waals surface area contributed by atoms with E-state index in [-0.39, 0.29) is 30.4 Å². The van der Waals surface area contributed by atoms with E-state index in [1.807, 2.05) is 17.5 Å². The predicted molar refractivity (Wildman–Crippen MR) is 112 cm³/mol. The molecule has 3 rings (SSSR count). The molecule has 0 fully saturated rings. The SMILES string of the molecule is CCOC(=O)Cc1csc(NC(=O)C(C)Cn2nc(-c3cccs3)ccc2=O)n1. The highest BCUT2D eigenvalue weighted by molar-refractivity contribution is 7.14. The topological polar surface area (TPSA) is 103 Å².